The van der Waals surface area contributed by atoms with Crippen molar-refractivity contribution in [2.45, 2.75) is 45.1 Å². The Bertz CT molecular complexity index is 637. The van der Waals surface area contributed by atoms with Crippen LogP contribution in [0.25, 0.3) is 0 Å². The Morgan fingerprint density at radius 3 is 2.32 bits per heavy atom. The fraction of sp³-hybridized carbons (Fsp3) is 0.810. The first-order chi connectivity index (χ1) is 13.5. The third kappa shape index (κ3) is 4.26. The SMILES string of the molecule is CC(C)(CN1CCC2(CC1)CCN(C(=O)c1ccno1)CC2)N1CCOCC1. The van der Waals surface area contributed by atoms with Crippen molar-refractivity contribution in [1.29, 1.82) is 0 Å². The second kappa shape index (κ2) is 8.13. The molecule has 0 aromatic carbocycles. The highest BCUT2D eigenvalue weighted by atomic mass is 16.5. The van der Waals surface area contributed by atoms with Gasteiger partial charge >= 0.3 is 0 Å². The monoisotopic (exact) mass is 390 g/mol. The zero-order valence-electron chi connectivity index (χ0n) is 17.4. The first kappa shape index (κ1) is 19.9. The largest absolute Gasteiger partial charge is 0.379 e. The Morgan fingerprint density at radius 2 is 1.71 bits per heavy atom. The Hall–Kier alpha value is -1.44. The van der Waals surface area contributed by atoms with E-state index < -0.39 is 0 Å². The molecule has 0 atom stereocenters. The van der Waals surface area contributed by atoms with Crippen molar-refractivity contribution in [2.75, 3.05) is 59.0 Å². The van der Waals surface area contributed by atoms with Gasteiger partial charge < -0.3 is 19.1 Å². The molecule has 0 aliphatic carbocycles. The summed E-state index contributed by atoms with van der Waals surface area (Å²) in [6.45, 7) is 13.7. The summed E-state index contributed by atoms with van der Waals surface area (Å²) in [5.41, 5.74) is 0.610. The summed E-state index contributed by atoms with van der Waals surface area (Å²) < 4.78 is 10.6. The van der Waals surface area contributed by atoms with E-state index >= 15 is 0 Å². The standard InChI is InChI=1S/C21H34N4O3/c1-20(2,25-13-15-27-16-14-25)17-23-9-4-21(5-10-23)6-11-24(12-7-21)19(26)18-3-8-22-28-18/h3,8H,4-7,9-17H2,1-2H3. The van der Waals surface area contributed by atoms with Crippen molar-refractivity contribution in [3.05, 3.63) is 18.0 Å². The maximum Gasteiger partial charge on any atom is 0.292 e. The van der Waals surface area contributed by atoms with Crippen LogP contribution in [-0.2, 0) is 4.74 Å². The smallest absolute Gasteiger partial charge is 0.292 e. The Labute approximate surface area is 168 Å². The molecule has 3 aliphatic heterocycles. The van der Waals surface area contributed by atoms with E-state index in [0.717, 1.165) is 58.8 Å². The highest BCUT2D eigenvalue weighted by molar-refractivity contribution is 5.91. The minimum atomic E-state index is -0.0166. The number of morpholine rings is 1. The Balaban J connectivity index is 1.26. The molecule has 4 heterocycles. The molecule has 1 aromatic heterocycles. The molecule has 0 radical (unpaired) electrons. The second-order valence-corrected chi connectivity index (χ2v) is 9.36. The number of carbonyl (C=O) groups excluding carboxylic acids is 1. The molecular formula is C21H34N4O3. The van der Waals surface area contributed by atoms with Crippen LogP contribution in [0.2, 0.25) is 0 Å². The molecule has 7 heteroatoms. The summed E-state index contributed by atoms with van der Waals surface area (Å²) in [7, 11) is 0. The van der Waals surface area contributed by atoms with Crippen LogP contribution in [0.4, 0.5) is 0 Å². The van der Waals surface area contributed by atoms with Gasteiger partial charge in [0, 0.05) is 44.3 Å². The van der Waals surface area contributed by atoms with E-state index in [1.165, 1.54) is 32.1 Å². The predicted octanol–water partition coefficient (Wildman–Crippen LogP) is 2.10. The minimum Gasteiger partial charge on any atom is -0.379 e. The average Bonchev–Trinajstić information content (AvgIpc) is 3.25. The lowest BCUT2D eigenvalue weighted by atomic mass is 9.71. The second-order valence-electron chi connectivity index (χ2n) is 9.36. The van der Waals surface area contributed by atoms with Crippen LogP contribution in [0, 0.1) is 5.41 Å². The number of carbonyl (C=O) groups is 1. The number of rotatable bonds is 4. The number of likely N-dealkylation sites (tertiary alicyclic amines) is 2. The van der Waals surface area contributed by atoms with Crippen LogP contribution < -0.4 is 0 Å². The summed E-state index contributed by atoms with van der Waals surface area (Å²) in [4.78, 5) is 19.6. The number of ether oxygens (including phenoxy) is 1. The summed E-state index contributed by atoms with van der Waals surface area (Å²) in [5, 5.41) is 3.65. The topological polar surface area (TPSA) is 62.0 Å². The fourth-order valence-electron chi connectivity index (χ4n) is 5.17. The maximum absolute atomic E-state index is 12.5. The first-order valence-corrected chi connectivity index (χ1v) is 10.7. The van der Waals surface area contributed by atoms with Crippen LogP contribution in [0.3, 0.4) is 0 Å². The number of hydrogen-bond acceptors (Lipinski definition) is 6. The first-order valence-electron chi connectivity index (χ1n) is 10.7. The third-order valence-electron chi connectivity index (χ3n) is 7.15. The quantitative estimate of drug-likeness (QED) is 0.785. The van der Waals surface area contributed by atoms with Crippen LogP contribution in [-0.4, -0.2) is 90.3 Å². The van der Waals surface area contributed by atoms with Crippen LogP contribution >= 0.6 is 0 Å². The van der Waals surface area contributed by atoms with Gasteiger partial charge in [-0.1, -0.05) is 5.16 Å². The van der Waals surface area contributed by atoms with E-state index in [9.17, 15) is 4.79 Å². The van der Waals surface area contributed by atoms with E-state index in [4.69, 9.17) is 9.26 Å². The number of amides is 1. The molecule has 1 aromatic rings. The van der Waals surface area contributed by atoms with E-state index in [0.29, 0.717) is 11.2 Å². The van der Waals surface area contributed by atoms with Gasteiger partial charge in [0.2, 0.25) is 5.76 Å². The zero-order chi connectivity index (χ0) is 19.6. The average molecular weight is 391 g/mol. The van der Waals surface area contributed by atoms with Crippen molar-refractivity contribution in [1.82, 2.24) is 19.9 Å². The molecule has 3 saturated heterocycles. The van der Waals surface area contributed by atoms with Crippen LogP contribution in [0.5, 0.6) is 0 Å². The lowest BCUT2D eigenvalue weighted by Gasteiger charge is -2.49. The lowest BCUT2D eigenvalue weighted by molar-refractivity contribution is -0.0325. The van der Waals surface area contributed by atoms with Gasteiger partial charge in [0.1, 0.15) is 0 Å². The number of hydrogen-bond donors (Lipinski definition) is 0. The van der Waals surface area contributed by atoms with Gasteiger partial charge in [-0.2, -0.15) is 0 Å². The van der Waals surface area contributed by atoms with E-state index in [2.05, 4.69) is 28.8 Å². The fourth-order valence-corrected chi connectivity index (χ4v) is 5.17. The minimum absolute atomic E-state index is 0.0166. The third-order valence-corrected chi connectivity index (χ3v) is 7.15. The molecule has 1 amide bonds. The summed E-state index contributed by atoms with van der Waals surface area (Å²) >= 11 is 0. The van der Waals surface area contributed by atoms with Crippen molar-refractivity contribution in [3.8, 4) is 0 Å². The van der Waals surface area contributed by atoms with Crippen molar-refractivity contribution in [2.24, 2.45) is 5.41 Å². The Morgan fingerprint density at radius 1 is 1.07 bits per heavy atom. The van der Waals surface area contributed by atoms with Gasteiger partial charge in [-0.3, -0.25) is 9.69 Å². The molecule has 3 aliphatic rings. The highest BCUT2D eigenvalue weighted by Gasteiger charge is 2.40. The van der Waals surface area contributed by atoms with Crippen molar-refractivity contribution < 1.29 is 14.1 Å². The van der Waals surface area contributed by atoms with E-state index in [1.54, 1.807) is 6.07 Å². The normalized spacial score (nSPS) is 24.6. The summed E-state index contributed by atoms with van der Waals surface area (Å²) in [6, 6.07) is 1.65. The van der Waals surface area contributed by atoms with Crippen molar-refractivity contribution in [3.63, 3.8) is 0 Å². The molecule has 7 nitrogen and oxygen atoms in total. The van der Waals surface area contributed by atoms with Gasteiger partial charge in [-0.05, 0) is 58.0 Å². The Kier molecular flexibility index (Phi) is 5.76. The molecule has 0 bridgehead atoms. The summed E-state index contributed by atoms with van der Waals surface area (Å²) in [6.07, 6.45) is 6.24. The van der Waals surface area contributed by atoms with Crippen LogP contribution in [0.1, 0.15) is 50.1 Å². The van der Waals surface area contributed by atoms with Gasteiger partial charge in [-0.25, -0.2) is 0 Å². The van der Waals surface area contributed by atoms with Crippen LogP contribution in [0.15, 0.2) is 16.8 Å². The van der Waals surface area contributed by atoms with E-state index in [-0.39, 0.29) is 11.4 Å². The number of aromatic nitrogens is 1. The molecule has 3 fully saturated rings. The highest BCUT2D eigenvalue weighted by Crippen LogP contribution is 2.41. The maximum atomic E-state index is 12.5. The zero-order valence-corrected chi connectivity index (χ0v) is 17.4. The molecular weight excluding hydrogens is 356 g/mol. The molecule has 156 valence electrons. The molecule has 0 saturated carbocycles. The lowest BCUT2D eigenvalue weighted by Crippen LogP contribution is -2.57. The number of piperidine rings is 2. The van der Waals surface area contributed by atoms with Gasteiger partial charge in [0.15, 0.2) is 0 Å². The summed E-state index contributed by atoms with van der Waals surface area (Å²) in [5.74, 6) is 0.341. The number of nitrogens with zero attached hydrogens (tertiary/aromatic N) is 4. The van der Waals surface area contributed by atoms with E-state index in [1.807, 2.05) is 4.90 Å². The van der Waals surface area contributed by atoms with Gasteiger partial charge in [0.05, 0.1) is 19.4 Å². The van der Waals surface area contributed by atoms with Gasteiger partial charge in [-0.15, -0.1) is 0 Å². The molecule has 0 N–H and O–H groups in total. The van der Waals surface area contributed by atoms with Crippen molar-refractivity contribution >= 4 is 5.91 Å². The molecule has 0 unspecified atom stereocenters. The molecule has 1 spiro atoms. The molecule has 4 rings (SSSR count). The predicted molar refractivity (Wildman–Crippen MR) is 106 cm³/mol. The van der Waals surface area contributed by atoms with Gasteiger partial charge in [0.25, 0.3) is 5.91 Å². The molecule has 28 heavy (non-hydrogen) atoms.